The van der Waals surface area contributed by atoms with Crippen molar-refractivity contribution >= 4 is 16.7 Å². The van der Waals surface area contributed by atoms with Gasteiger partial charge in [0.05, 0.1) is 23.6 Å². The van der Waals surface area contributed by atoms with Crippen LogP contribution in [0.2, 0.25) is 0 Å². The van der Waals surface area contributed by atoms with Gasteiger partial charge in [-0.25, -0.2) is 4.68 Å². The summed E-state index contributed by atoms with van der Waals surface area (Å²) in [6.45, 7) is 0.0599. The first kappa shape index (κ1) is 18.5. The van der Waals surface area contributed by atoms with E-state index in [0.717, 1.165) is 5.56 Å². The second-order valence-corrected chi connectivity index (χ2v) is 6.62. The fourth-order valence-electron chi connectivity index (χ4n) is 3.27. The summed E-state index contributed by atoms with van der Waals surface area (Å²) in [5, 5.41) is 6.14. The molecule has 2 aromatic carbocycles. The molecule has 7 heteroatoms. The maximum Gasteiger partial charge on any atom is 0.273 e. The average molecular weight is 389 g/mol. The molecule has 0 fully saturated rings. The fourth-order valence-corrected chi connectivity index (χ4v) is 3.27. The number of furan rings is 1. The number of hydrogen-bond donors (Lipinski definition) is 2. The van der Waals surface area contributed by atoms with Gasteiger partial charge in [0.15, 0.2) is 0 Å². The van der Waals surface area contributed by atoms with E-state index in [1.54, 1.807) is 42.7 Å². The molecule has 4 rings (SSSR count). The van der Waals surface area contributed by atoms with Crippen LogP contribution in [-0.2, 0) is 11.3 Å². The van der Waals surface area contributed by atoms with Gasteiger partial charge in [-0.05, 0) is 29.8 Å². The Kier molecular flexibility index (Phi) is 5.11. The van der Waals surface area contributed by atoms with Crippen molar-refractivity contribution in [1.29, 1.82) is 0 Å². The first-order chi connectivity index (χ1) is 14.1. The summed E-state index contributed by atoms with van der Waals surface area (Å²) in [5.74, 6) is 0.344. The Labute approximate surface area is 165 Å². The number of hydrogen-bond acceptors (Lipinski definition) is 4. The van der Waals surface area contributed by atoms with E-state index in [1.165, 1.54) is 4.68 Å². The molecular weight excluding hydrogens is 370 g/mol. The second-order valence-electron chi connectivity index (χ2n) is 6.62. The van der Waals surface area contributed by atoms with Gasteiger partial charge in [-0.3, -0.25) is 19.5 Å². The minimum atomic E-state index is -0.439. The molecule has 1 amide bonds. The van der Waals surface area contributed by atoms with Crippen molar-refractivity contribution in [1.82, 2.24) is 15.1 Å². The number of rotatable bonds is 6. The first-order valence-electron chi connectivity index (χ1n) is 9.23. The number of nitrogens with zero attached hydrogens (tertiary/aromatic N) is 1. The topological polar surface area (TPSA) is 97.1 Å². The molecule has 146 valence electrons. The third-order valence-electron chi connectivity index (χ3n) is 4.71. The number of carbonyl (C=O) groups excluding carboxylic acids is 1. The van der Waals surface area contributed by atoms with E-state index >= 15 is 0 Å². The molecule has 0 aliphatic carbocycles. The average Bonchev–Trinajstić information content (AvgIpc) is 3.29. The SMILES string of the molecule is O=C(CCn1[nH]c(=O)c2ccccc2c1=O)NC(c1ccccc1)c1ccco1. The predicted molar refractivity (Wildman–Crippen MR) is 109 cm³/mol. The molecule has 2 N–H and O–H groups in total. The minimum absolute atomic E-state index is 0.0260. The standard InChI is InChI=1S/C22H19N3O4/c26-19(23-20(18-11-6-14-29-18)15-7-2-1-3-8-15)12-13-25-22(28)17-10-5-4-9-16(17)21(27)24-25/h1-11,14,20H,12-13H2,(H,23,26)(H,24,27). The maximum atomic E-state index is 12.6. The highest BCUT2D eigenvalue weighted by Gasteiger charge is 2.19. The van der Waals surface area contributed by atoms with Gasteiger partial charge in [-0.2, -0.15) is 0 Å². The van der Waals surface area contributed by atoms with Crippen LogP contribution in [0.5, 0.6) is 0 Å². The van der Waals surface area contributed by atoms with E-state index < -0.39 is 6.04 Å². The number of carbonyl (C=O) groups is 1. The number of fused-ring (bicyclic) bond motifs is 1. The van der Waals surface area contributed by atoms with Crippen LogP contribution >= 0.6 is 0 Å². The summed E-state index contributed by atoms with van der Waals surface area (Å²) in [5.41, 5.74) is 0.184. The van der Waals surface area contributed by atoms with Crippen LogP contribution in [0.1, 0.15) is 23.8 Å². The van der Waals surface area contributed by atoms with Crippen molar-refractivity contribution in [3.8, 4) is 0 Å². The van der Waals surface area contributed by atoms with Crippen molar-refractivity contribution in [3.05, 3.63) is 105 Å². The lowest BCUT2D eigenvalue weighted by Crippen LogP contribution is -2.34. The first-order valence-corrected chi connectivity index (χ1v) is 9.23. The molecule has 2 aromatic heterocycles. The Hall–Kier alpha value is -3.87. The Morgan fingerprint density at radius 2 is 1.69 bits per heavy atom. The lowest BCUT2D eigenvalue weighted by molar-refractivity contribution is -0.122. The van der Waals surface area contributed by atoms with Crippen molar-refractivity contribution in [2.75, 3.05) is 0 Å². The summed E-state index contributed by atoms with van der Waals surface area (Å²) in [6, 6.07) is 19.2. The van der Waals surface area contributed by atoms with Gasteiger partial charge in [0.2, 0.25) is 5.91 Å². The number of H-pyrrole nitrogens is 1. The van der Waals surface area contributed by atoms with Crippen LogP contribution in [0, 0.1) is 0 Å². The van der Waals surface area contributed by atoms with Crippen LogP contribution < -0.4 is 16.4 Å². The Bertz CT molecular complexity index is 1240. The molecular formula is C22H19N3O4. The van der Waals surface area contributed by atoms with E-state index in [9.17, 15) is 14.4 Å². The van der Waals surface area contributed by atoms with Crippen molar-refractivity contribution < 1.29 is 9.21 Å². The molecule has 0 radical (unpaired) electrons. The second kappa shape index (κ2) is 8.02. The van der Waals surface area contributed by atoms with E-state index in [-0.39, 0.29) is 30.0 Å². The Morgan fingerprint density at radius 1 is 0.966 bits per heavy atom. The highest BCUT2D eigenvalue weighted by molar-refractivity contribution is 5.80. The van der Waals surface area contributed by atoms with Crippen molar-refractivity contribution in [2.24, 2.45) is 0 Å². The molecule has 2 heterocycles. The number of amides is 1. The third kappa shape index (κ3) is 3.89. The Balaban J connectivity index is 1.52. The van der Waals surface area contributed by atoms with Crippen LogP contribution in [0.15, 0.2) is 87.0 Å². The normalized spacial score (nSPS) is 12.0. The summed E-state index contributed by atoms with van der Waals surface area (Å²) in [4.78, 5) is 37.4. The fraction of sp³-hybridized carbons (Fsp3) is 0.136. The van der Waals surface area contributed by atoms with Crippen LogP contribution in [0.25, 0.3) is 10.8 Å². The number of aromatic nitrogens is 2. The number of nitrogens with one attached hydrogen (secondary N) is 2. The van der Waals surface area contributed by atoms with Crippen molar-refractivity contribution in [3.63, 3.8) is 0 Å². The summed E-state index contributed by atoms with van der Waals surface area (Å²) >= 11 is 0. The van der Waals surface area contributed by atoms with E-state index in [4.69, 9.17) is 4.42 Å². The predicted octanol–water partition coefficient (Wildman–Crippen LogP) is 2.58. The molecule has 0 spiro atoms. The molecule has 1 unspecified atom stereocenters. The third-order valence-corrected chi connectivity index (χ3v) is 4.71. The molecule has 0 saturated carbocycles. The summed E-state index contributed by atoms with van der Waals surface area (Å²) in [6.07, 6.45) is 1.58. The Morgan fingerprint density at radius 3 is 2.41 bits per heavy atom. The van der Waals surface area contributed by atoms with Gasteiger partial charge in [0.25, 0.3) is 11.1 Å². The van der Waals surface area contributed by atoms with Crippen LogP contribution in [-0.4, -0.2) is 15.7 Å². The number of benzene rings is 2. The van der Waals surface area contributed by atoms with Gasteiger partial charge in [0.1, 0.15) is 11.8 Å². The number of aryl methyl sites for hydroxylation is 1. The van der Waals surface area contributed by atoms with Crippen LogP contribution in [0.3, 0.4) is 0 Å². The summed E-state index contributed by atoms with van der Waals surface area (Å²) in [7, 11) is 0. The smallest absolute Gasteiger partial charge is 0.273 e. The van der Waals surface area contributed by atoms with Crippen LogP contribution in [0.4, 0.5) is 0 Å². The molecule has 29 heavy (non-hydrogen) atoms. The minimum Gasteiger partial charge on any atom is -0.467 e. The maximum absolute atomic E-state index is 12.6. The van der Waals surface area contributed by atoms with Gasteiger partial charge >= 0.3 is 0 Å². The van der Waals surface area contributed by atoms with E-state index in [0.29, 0.717) is 16.5 Å². The van der Waals surface area contributed by atoms with E-state index in [2.05, 4.69) is 10.4 Å². The lowest BCUT2D eigenvalue weighted by Gasteiger charge is -2.17. The highest BCUT2D eigenvalue weighted by atomic mass is 16.3. The molecule has 0 bridgehead atoms. The molecule has 0 saturated heterocycles. The molecule has 7 nitrogen and oxygen atoms in total. The zero-order valence-corrected chi connectivity index (χ0v) is 15.5. The molecule has 0 aliphatic rings. The van der Waals surface area contributed by atoms with Crippen molar-refractivity contribution in [2.45, 2.75) is 19.0 Å². The zero-order chi connectivity index (χ0) is 20.2. The number of aromatic amines is 1. The highest BCUT2D eigenvalue weighted by Crippen LogP contribution is 2.22. The monoisotopic (exact) mass is 389 g/mol. The van der Waals surface area contributed by atoms with Gasteiger partial charge in [-0.1, -0.05) is 42.5 Å². The zero-order valence-electron chi connectivity index (χ0n) is 15.5. The molecule has 4 aromatic rings. The molecule has 1 atom stereocenters. The van der Waals surface area contributed by atoms with Gasteiger partial charge in [0, 0.05) is 6.42 Å². The van der Waals surface area contributed by atoms with E-state index in [1.807, 2.05) is 30.3 Å². The van der Waals surface area contributed by atoms with Gasteiger partial charge in [-0.15, -0.1) is 0 Å². The largest absolute Gasteiger partial charge is 0.467 e. The summed E-state index contributed by atoms with van der Waals surface area (Å²) < 4.78 is 6.65. The quantitative estimate of drug-likeness (QED) is 0.530. The lowest BCUT2D eigenvalue weighted by atomic mass is 10.0. The van der Waals surface area contributed by atoms with Gasteiger partial charge < -0.3 is 9.73 Å². The molecule has 0 aliphatic heterocycles.